The zero-order chi connectivity index (χ0) is 18.6. The first kappa shape index (κ1) is 18.0. The van der Waals surface area contributed by atoms with Crippen molar-refractivity contribution in [3.63, 3.8) is 0 Å². The van der Waals surface area contributed by atoms with Crippen LogP contribution in [0.4, 0.5) is 5.13 Å². The second kappa shape index (κ2) is 8.09. The molecule has 1 aliphatic heterocycles. The van der Waals surface area contributed by atoms with E-state index in [1.807, 2.05) is 37.3 Å². The highest BCUT2D eigenvalue weighted by molar-refractivity contribution is 7.22. The summed E-state index contributed by atoms with van der Waals surface area (Å²) in [4.78, 5) is 19.5. The summed E-state index contributed by atoms with van der Waals surface area (Å²) in [5, 5.41) is 1.07. The fraction of sp³-hybridized carbons (Fsp3) is 0.364. The van der Waals surface area contributed by atoms with Crippen LogP contribution in [0.1, 0.15) is 24.8 Å². The summed E-state index contributed by atoms with van der Waals surface area (Å²) in [5.41, 5.74) is 2.12. The Labute approximate surface area is 163 Å². The molecule has 0 bridgehead atoms. The number of carbonyl (C=O) groups is 1. The molecule has 3 aromatic rings. The molecule has 1 aromatic heterocycles. The number of rotatable bonds is 6. The lowest BCUT2D eigenvalue weighted by atomic mass is 9.93. The van der Waals surface area contributed by atoms with Crippen molar-refractivity contribution in [2.45, 2.75) is 26.2 Å². The summed E-state index contributed by atoms with van der Waals surface area (Å²) >= 11 is 1.74. The van der Waals surface area contributed by atoms with Gasteiger partial charge >= 0.3 is 0 Å². The van der Waals surface area contributed by atoms with Gasteiger partial charge in [0.1, 0.15) is 12.4 Å². The number of piperidine rings is 1. The Kier molecular flexibility index (Phi) is 5.39. The number of nitrogens with zero attached hydrogens (tertiary/aromatic N) is 2. The predicted octanol–water partition coefficient (Wildman–Crippen LogP) is 4.86. The van der Waals surface area contributed by atoms with Crippen molar-refractivity contribution in [2.75, 3.05) is 24.6 Å². The standard InChI is InChI=1S/C22H24N2O2S/c1-16-7-2-4-10-20(16)26-15-18(25)13-17-8-6-12-24(14-17)22-23-19-9-3-5-11-21(19)27-22/h2-5,7,9-11,17H,6,8,12-15H2,1H3. The molecule has 1 aliphatic rings. The summed E-state index contributed by atoms with van der Waals surface area (Å²) in [6, 6.07) is 16.1. The summed E-state index contributed by atoms with van der Waals surface area (Å²) in [7, 11) is 0. The number of aryl methyl sites for hydroxylation is 1. The highest BCUT2D eigenvalue weighted by Crippen LogP contribution is 2.32. The first-order chi connectivity index (χ1) is 13.2. The quantitative estimate of drug-likeness (QED) is 0.612. The minimum absolute atomic E-state index is 0.155. The number of aromatic nitrogens is 1. The van der Waals surface area contributed by atoms with Crippen LogP contribution in [-0.2, 0) is 4.79 Å². The van der Waals surface area contributed by atoms with E-state index in [-0.39, 0.29) is 12.4 Å². The van der Waals surface area contributed by atoms with Gasteiger partial charge in [-0.25, -0.2) is 4.98 Å². The maximum absolute atomic E-state index is 12.4. The molecule has 0 radical (unpaired) electrons. The van der Waals surface area contributed by atoms with Gasteiger partial charge < -0.3 is 9.64 Å². The number of benzene rings is 2. The van der Waals surface area contributed by atoms with Crippen molar-refractivity contribution in [1.82, 2.24) is 4.98 Å². The molecule has 27 heavy (non-hydrogen) atoms. The Morgan fingerprint density at radius 3 is 2.89 bits per heavy atom. The highest BCUT2D eigenvalue weighted by atomic mass is 32.1. The Morgan fingerprint density at radius 1 is 1.22 bits per heavy atom. The second-order valence-electron chi connectivity index (χ2n) is 7.22. The number of ketones is 1. The number of Topliss-reactive ketones (excluding diaryl/α,β-unsaturated/α-hetero) is 1. The van der Waals surface area contributed by atoms with Gasteiger partial charge in [-0.2, -0.15) is 0 Å². The molecule has 1 fully saturated rings. The van der Waals surface area contributed by atoms with E-state index < -0.39 is 0 Å². The van der Waals surface area contributed by atoms with Crippen LogP contribution >= 0.6 is 11.3 Å². The molecule has 2 aromatic carbocycles. The average molecular weight is 381 g/mol. The van der Waals surface area contributed by atoms with Gasteiger partial charge in [0.2, 0.25) is 0 Å². The van der Waals surface area contributed by atoms with E-state index in [9.17, 15) is 4.79 Å². The number of thiazole rings is 1. The van der Waals surface area contributed by atoms with Gasteiger partial charge in [0.25, 0.3) is 0 Å². The molecule has 140 valence electrons. The second-order valence-corrected chi connectivity index (χ2v) is 8.22. The van der Waals surface area contributed by atoms with Crippen LogP contribution in [0.25, 0.3) is 10.2 Å². The van der Waals surface area contributed by atoms with Crippen LogP contribution in [0.3, 0.4) is 0 Å². The lowest BCUT2D eigenvalue weighted by Gasteiger charge is -2.32. The number of anilines is 1. The molecule has 0 saturated carbocycles. The van der Waals surface area contributed by atoms with Gasteiger partial charge in [-0.05, 0) is 49.4 Å². The molecule has 0 spiro atoms. The van der Waals surface area contributed by atoms with Crippen LogP contribution in [0.5, 0.6) is 5.75 Å². The van der Waals surface area contributed by atoms with Crippen LogP contribution in [0.2, 0.25) is 0 Å². The monoisotopic (exact) mass is 380 g/mol. The predicted molar refractivity (Wildman–Crippen MR) is 111 cm³/mol. The van der Waals surface area contributed by atoms with Gasteiger partial charge in [-0.15, -0.1) is 0 Å². The molecule has 4 nitrogen and oxygen atoms in total. The van der Waals surface area contributed by atoms with Gasteiger partial charge in [0.15, 0.2) is 10.9 Å². The van der Waals surface area contributed by atoms with E-state index in [2.05, 4.69) is 23.1 Å². The molecule has 5 heteroatoms. The zero-order valence-electron chi connectivity index (χ0n) is 15.6. The molecule has 1 atom stereocenters. The number of hydrogen-bond acceptors (Lipinski definition) is 5. The third kappa shape index (κ3) is 4.30. The lowest BCUT2D eigenvalue weighted by molar-refractivity contribution is -0.122. The zero-order valence-corrected chi connectivity index (χ0v) is 16.4. The van der Waals surface area contributed by atoms with Crippen molar-refractivity contribution >= 4 is 32.5 Å². The van der Waals surface area contributed by atoms with Gasteiger partial charge in [-0.1, -0.05) is 41.7 Å². The molecule has 1 saturated heterocycles. The van der Waals surface area contributed by atoms with Crippen LogP contribution < -0.4 is 9.64 Å². The average Bonchev–Trinajstić information content (AvgIpc) is 3.12. The van der Waals surface area contributed by atoms with Crippen LogP contribution in [0.15, 0.2) is 48.5 Å². The van der Waals surface area contributed by atoms with Crippen LogP contribution in [0, 0.1) is 12.8 Å². The molecule has 4 rings (SSSR count). The maximum atomic E-state index is 12.4. The minimum atomic E-state index is 0.155. The van der Waals surface area contributed by atoms with Crippen molar-refractivity contribution in [2.24, 2.45) is 5.92 Å². The summed E-state index contributed by atoms with van der Waals surface area (Å²) < 4.78 is 6.94. The number of hydrogen-bond donors (Lipinski definition) is 0. The van der Waals surface area contributed by atoms with Crippen molar-refractivity contribution in [3.05, 3.63) is 54.1 Å². The Hall–Kier alpha value is -2.40. The molecule has 0 aliphatic carbocycles. The fourth-order valence-electron chi connectivity index (χ4n) is 3.66. The van der Waals surface area contributed by atoms with Crippen molar-refractivity contribution in [1.29, 1.82) is 0 Å². The van der Waals surface area contributed by atoms with Gasteiger partial charge in [0, 0.05) is 19.5 Å². The normalized spacial score (nSPS) is 17.2. The summed E-state index contributed by atoms with van der Waals surface area (Å²) in [5.74, 6) is 1.35. The first-order valence-electron chi connectivity index (χ1n) is 9.49. The first-order valence-corrected chi connectivity index (χ1v) is 10.3. The maximum Gasteiger partial charge on any atom is 0.186 e. The fourth-order valence-corrected chi connectivity index (χ4v) is 4.66. The summed E-state index contributed by atoms with van der Waals surface area (Å²) in [6.07, 6.45) is 2.78. The SMILES string of the molecule is Cc1ccccc1OCC(=O)CC1CCCN(c2nc3ccccc3s2)C1. The Balaban J connectivity index is 1.34. The molecule has 2 heterocycles. The van der Waals surface area contributed by atoms with Crippen molar-refractivity contribution in [3.8, 4) is 5.75 Å². The van der Waals surface area contributed by atoms with E-state index >= 15 is 0 Å². The minimum Gasteiger partial charge on any atom is -0.486 e. The molecular formula is C22H24N2O2S. The molecule has 1 unspecified atom stereocenters. The Bertz CT molecular complexity index is 904. The van der Waals surface area contributed by atoms with Crippen LogP contribution in [-0.4, -0.2) is 30.5 Å². The van der Waals surface area contributed by atoms with Gasteiger partial charge in [-0.3, -0.25) is 4.79 Å². The van der Waals surface area contributed by atoms with Gasteiger partial charge in [0.05, 0.1) is 10.2 Å². The smallest absolute Gasteiger partial charge is 0.186 e. The van der Waals surface area contributed by atoms with E-state index in [0.717, 1.165) is 47.9 Å². The molecular weight excluding hydrogens is 356 g/mol. The third-order valence-corrected chi connectivity index (χ3v) is 6.17. The van der Waals surface area contributed by atoms with E-state index in [1.165, 1.54) is 4.70 Å². The number of carbonyl (C=O) groups excluding carboxylic acids is 1. The Morgan fingerprint density at radius 2 is 2.04 bits per heavy atom. The lowest BCUT2D eigenvalue weighted by Crippen LogP contribution is -2.36. The van der Waals surface area contributed by atoms with Crippen molar-refractivity contribution < 1.29 is 9.53 Å². The molecule has 0 amide bonds. The number of para-hydroxylation sites is 2. The molecule has 0 N–H and O–H groups in total. The van der Waals surface area contributed by atoms with E-state index in [1.54, 1.807) is 11.3 Å². The highest BCUT2D eigenvalue weighted by Gasteiger charge is 2.24. The van der Waals surface area contributed by atoms with E-state index in [0.29, 0.717) is 12.3 Å². The largest absolute Gasteiger partial charge is 0.486 e. The number of fused-ring (bicyclic) bond motifs is 1. The third-order valence-electron chi connectivity index (χ3n) is 5.07. The summed E-state index contributed by atoms with van der Waals surface area (Å²) in [6.45, 7) is 4.07. The topological polar surface area (TPSA) is 42.4 Å². The number of ether oxygens (including phenoxy) is 1. The van der Waals surface area contributed by atoms with E-state index in [4.69, 9.17) is 9.72 Å².